The summed E-state index contributed by atoms with van der Waals surface area (Å²) >= 11 is 0. The van der Waals surface area contributed by atoms with Crippen LogP contribution < -0.4 is 5.32 Å². The van der Waals surface area contributed by atoms with Crippen LogP contribution in [0.25, 0.3) is 0 Å². The summed E-state index contributed by atoms with van der Waals surface area (Å²) in [7, 11) is 1.27. The van der Waals surface area contributed by atoms with Crippen LogP contribution in [0.2, 0.25) is 0 Å². The third-order valence-corrected chi connectivity index (χ3v) is 4.58. The van der Waals surface area contributed by atoms with Crippen molar-refractivity contribution in [1.29, 1.82) is 0 Å². The molecular formula is C25H32N2O6. The zero-order chi connectivity index (χ0) is 24.3. The third kappa shape index (κ3) is 9.22. The van der Waals surface area contributed by atoms with Gasteiger partial charge in [0.05, 0.1) is 7.11 Å². The van der Waals surface area contributed by atoms with Gasteiger partial charge in [-0.15, -0.1) is 0 Å². The Morgan fingerprint density at radius 2 is 1.52 bits per heavy atom. The van der Waals surface area contributed by atoms with Crippen molar-refractivity contribution in [3.05, 3.63) is 71.8 Å². The molecule has 0 aromatic heterocycles. The molecule has 178 valence electrons. The molecule has 0 aliphatic heterocycles. The van der Waals surface area contributed by atoms with Gasteiger partial charge in [-0.25, -0.2) is 14.4 Å². The molecule has 0 aliphatic carbocycles. The largest absolute Gasteiger partial charge is 0.467 e. The molecule has 0 saturated carbocycles. The number of esters is 1. The Morgan fingerprint density at radius 1 is 0.939 bits per heavy atom. The fraction of sp³-hybridized carbons (Fsp3) is 0.400. The number of nitrogens with zero attached hydrogens (tertiary/aromatic N) is 1. The molecule has 0 saturated heterocycles. The van der Waals surface area contributed by atoms with E-state index in [-0.39, 0.29) is 26.1 Å². The number of methoxy groups -OCH3 is 1. The molecule has 2 amide bonds. The van der Waals surface area contributed by atoms with E-state index >= 15 is 0 Å². The van der Waals surface area contributed by atoms with Gasteiger partial charge in [0.2, 0.25) is 0 Å². The van der Waals surface area contributed by atoms with Gasteiger partial charge in [-0.2, -0.15) is 0 Å². The van der Waals surface area contributed by atoms with Gasteiger partial charge in [-0.3, -0.25) is 4.90 Å². The summed E-state index contributed by atoms with van der Waals surface area (Å²) in [5, 5.41) is 2.61. The quantitative estimate of drug-likeness (QED) is 0.454. The van der Waals surface area contributed by atoms with E-state index in [1.54, 1.807) is 20.8 Å². The molecule has 0 fully saturated rings. The van der Waals surface area contributed by atoms with Crippen LogP contribution >= 0.6 is 0 Å². The molecule has 0 bridgehead atoms. The number of benzene rings is 2. The first-order valence-electron chi connectivity index (χ1n) is 10.8. The highest BCUT2D eigenvalue weighted by atomic mass is 16.6. The van der Waals surface area contributed by atoms with E-state index in [1.165, 1.54) is 12.0 Å². The number of nitrogens with one attached hydrogen (secondary N) is 1. The zero-order valence-electron chi connectivity index (χ0n) is 19.6. The first-order chi connectivity index (χ1) is 15.7. The minimum Gasteiger partial charge on any atom is -0.467 e. The van der Waals surface area contributed by atoms with Crippen molar-refractivity contribution in [2.75, 3.05) is 20.2 Å². The molecular weight excluding hydrogens is 424 g/mol. The Bertz CT molecular complexity index is 896. The maximum Gasteiger partial charge on any atom is 0.410 e. The van der Waals surface area contributed by atoms with E-state index < -0.39 is 29.8 Å². The standard InChI is InChI=1S/C25H32N2O6/c1-25(2,3)33-23(29)26-15-16-27(24(30)32-18-20-13-9-6-10-14-20)21(22(28)31-4)17-19-11-7-5-8-12-19/h5-14,21H,15-18H2,1-4H3,(H,26,29)/t21-/m0/s1. The zero-order valence-corrected chi connectivity index (χ0v) is 19.6. The van der Waals surface area contributed by atoms with Gasteiger partial charge in [0.1, 0.15) is 18.2 Å². The van der Waals surface area contributed by atoms with Crippen molar-refractivity contribution >= 4 is 18.2 Å². The lowest BCUT2D eigenvalue weighted by molar-refractivity contribution is -0.146. The molecule has 33 heavy (non-hydrogen) atoms. The molecule has 0 unspecified atom stereocenters. The second-order valence-corrected chi connectivity index (χ2v) is 8.39. The van der Waals surface area contributed by atoms with Crippen molar-refractivity contribution in [2.24, 2.45) is 0 Å². The fourth-order valence-electron chi connectivity index (χ4n) is 3.06. The van der Waals surface area contributed by atoms with Crippen molar-refractivity contribution in [3.63, 3.8) is 0 Å². The predicted octanol–water partition coefficient (Wildman–Crippen LogP) is 3.93. The van der Waals surface area contributed by atoms with E-state index in [0.29, 0.717) is 0 Å². The van der Waals surface area contributed by atoms with E-state index in [0.717, 1.165) is 11.1 Å². The van der Waals surface area contributed by atoms with Crippen LogP contribution in [0, 0.1) is 0 Å². The molecule has 0 spiro atoms. The molecule has 8 nitrogen and oxygen atoms in total. The van der Waals surface area contributed by atoms with Gasteiger partial charge in [0, 0.05) is 19.5 Å². The minimum absolute atomic E-state index is 0.0272. The van der Waals surface area contributed by atoms with E-state index in [4.69, 9.17) is 14.2 Å². The van der Waals surface area contributed by atoms with Gasteiger partial charge < -0.3 is 19.5 Å². The van der Waals surface area contributed by atoms with Crippen LogP contribution in [-0.4, -0.2) is 54.9 Å². The van der Waals surface area contributed by atoms with Crippen LogP contribution in [0.15, 0.2) is 60.7 Å². The smallest absolute Gasteiger partial charge is 0.410 e. The molecule has 0 radical (unpaired) electrons. The molecule has 1 atom stereocenters. The molecule has 0 aliphatic rings. The maximum absolute atomic E-state index is 13.0. The Hall–Kier alpha value is -3.55. The summed E-state index contributed by atoms with van der Waals surface area (Å²) in [6, 6.07) is 17.6. The third-order valence-electron chi connectivity index (χ3n) is 4.58. The second kappa shape index (κ2) is 12.5. The van der Waals surface area contributed by atoms with Crippen molar-refractivity contribution in [1.82, 2.24) is 10.2 Å². The highest BCUT2D eigenvalue weighted by Crippen LogP contribution is 2.14. The monoisotopic (exact) mass is 456 g/mol. The van der Waals surface area contributed by atoms with Crippen molar-refractivity contribution < 1.29 is 28.6 Å². The Balaban J connectivity index is 2.15. The Morgan fingerprint density at radius 3 is 2.06 bits per heavy atom. The number of amides is 2. The van der Waals surface area contributed by atoms with Crippen LogP contribution in [0.1, 0.15) is 31.9 Å². The lowest BCUT2D eigenvalue weighted by Gasteiger charge is -2.29. The Labute approximate surface area is 194 Å². The van der Waals surface area contributed by atoms with Crippen LogP contribution in [0.5, 0.6) is 0 Å². The Kier molecular flexibility index (Phi) is 9.72. The van der Waals surface area contributed by atoms with Gasteiger partial charge in [-0.1, -0.05) is 60.7 Å². The molecule has 0 heterocycles. The van der Waals surface area contributed by atoms with Gasteiger partial charge in [0.25, 0.3) is 0 Å². The number of carbonyl (C=O) groups excluding carboxylic acids is 3. The molecule has 8 heteroatoms. The van der Waals surface area contributed by atoms with Gasteiger partial charge >= 0.3 is 18.2 Å². The lowest BCUT2D eigenvalue weighted by atomic mass is 10.0. The normalized spacial score (nSPS) is 11.8. The molecule has 2 aromatic carbocycles. The number of hydrogen-bond donors (Lipinski definition) is 1. The van der Waals surface area contributed by atoms with E-state index in [1.807, 2.05) is 60.7 Å². The van der Waals surface area contributed by atoms with Crippen molar-refractivity contribution in [2.45, 2.75) is 45.4 Å². The average Bonchev–Trinajstić information content (AvgIpc) is 2.79. The highest BCUT2D eigenvalue weighted by molar-refractivity contribution is 5.81. The molecule has 2 rings (SSSR count). The second-order valence-electron chi connectivity index (χ2n) is 8.39. The summed E-state index contributed by atoms with van der Waals surface area (Å²) in [4.78, 5) is 39.0. The topological polar surface area (TPSA) is 94.2 Å². The minimum atomic E-state index is -0.930. The summed E-state index contributed by atoms with van der Waals surface area (Å²) in [5.74, 6) is -0.576. The first-order valence-corrected chi connectivity index (χ1v) is 10.8. The summed E-state index contributed by atoms with van der Waals surface area (Å²) in [6.07, 6.45) is -1.06. The van der Waals surface area contributed by atoms with Gasteiger partial charge in [-0.05, 0) is 31.9 Å². The molecule has 1 N–H and O–H groups in total. The average molecular weight is 457 g/mol. The highest BCUT2D eigenvalue weighted by Gasteiger charge is 2.32. The molecule has 2 aromatic rings. The van der Waals surface area contributed by atoms with E-state index in [2.05, 4.69) is 5.32 Å². The number of hydrogen-bond acceptors (Lipinski definition) is 6. The predicted molar refractivity (Wildman–Crippen MR) is 124 cm³/mol. The van der Waals surface area contributed by atoms with Gasteiger partial charge in [0.15, 0.2) is 0 Å². The number of ether oxygens (including phenoxy) is 3. The summed E-state index contributed by atoms with van der Waals surface area (Å²) in [6.45, 7) is 5.42. The first kappa shape index (κ1) is 25.7. The van der Waals surface area contributed by atoms with Crippen LogP contribution in [0.3, 0.4) is 0 Å². The number of alkyl carbamates (subject to hydrolysis) is 1. The number of rotatable bonds is 9. The van der Waals surface area contributed by atoms with Crippen LogP contribution in [-0.2, 0) is 32.0 Å². The summed E-state index contributed by atoms with van der Waals surface area (Å²) < 4.78 is 15.7. The fourth-order valence-corrected chi connectivity index (χ4v) is 3.06. The van der Waals surface area contributed by atoms with E-state index in [9.17, 15) is 14.4 Å². The van der Waals surface area contributed by atoms with Crippen LogP contribution in [0.4, 0.5) is 9.59 Å². The maximum atomic E-state index is 13.0. The lowest BCUT2D eigenvalue weighted by Crippen LogP contribution is -2.50. The summed E-state index contributed by atoms with van der Waals surface area (Å²) in [5.41, 5.74) is 1.02. The SMILES string of the molecule is COC(=O)[C@H](Cc1ccccc1)N(CCNC(=O)OC(C)(C)C)C(=O)OCc1ccccc1. The number of carbonyl (C=O) groups is 3. The van der Waals surface area contributed by atoms with Crippen molar-refractivity contribution in [3.8, 4) is 0 Å².